The van der Waals surface area contributed by atoms with Crippen molar-refractivity contribution in [3.63, 3.8) is 0 Å². The Morgan fingerprint density at radius 2 is 2.50 bits per heavy atom. The van der Waals surface area contributed by atoms with Crippen LogP contribution in [0.1, 0.15) is 12.6 Å². The summed E-state index contributed by atoms with van der Waals surface area (Å²) in [6.45, 7) is 4.74. The normalized spacial score (nSPS) is 13.5. The Bertz CT molecular complexity index is 202. The van der Waals surface area contributed by atoms with Gasteiger partial charge < -0.3 is 5.73 Å². The van der Waals surface area contributed by atoms with E-state index in [2.05, 4.69) is 5.10 Å². The summed E-state index contributed by atoms with van der Waals surface area (Å²) in [6.07, 6.45) is 1.94. The van der Waals surface area contributed by atoms with Gasteiger partial charge in [-0.25, -0.2) is 0 Å². The molecule has 3 nitrogen and oxygen atoms in total. The van der Waals surface area contributed by atoms with Gasteiger partial charge in [-0.1, -0.05) is 0 Å². The summed E-state index contributed by atoms with van der Waals surface area (Å²) in [5, 5.41) is 4.19. The molecule has 0 aliphatic carbocycles. The Morgan fingerprint density at radius 1 is 1.80 bits per heavy atom. The van der Waals surface area contributed by atoms with Crippen LogP contribution >= 0.6 is 0 Å². The van der Waals surface area contributed by atoms with E-state index in [1.54, 1.807) is 0 Å². The number of aryl methyl sites for hydroxylation is 1. The van der Waals surface area contributed by atoms with Crippen LogP contribution in [0.2, 0.25) is 0 Å². The van der Waals surface area contributed by atoms with Gasteiger partial charge in [-0.05, 0) is 19.9 Å². The van der Waals surface area contributed by atoms with E-state index in [1.807, 2.05) is 30.8 Å². The molecule has 1 unspecified atom stereocenters. The lowest BCUT2D eigenvalue weighted by Crippen LogP contribution is -2.22. The van der Waals surface area contributed by atoms with Gasteiger partial charge in [0.15, 0.2) is 0 Å². The van der Waals surface area contributed by atoms with Gasteiger partial charge in [0.1, 0.15) is 0 Å². The van der Waals surface area contributed by atoms with Gasteiger partial charge >= 0.3 is 0 Å². The molecule has 1 heterocycles. The van der Waals surface area contributed by atoms with Crippen molar-refractivity contribution in [1.82, 2.24) is 9.78 Å². The first kappa shape index (κ1) is 7.28. The predicted octanol–water partition coefficient (Wildman–Crippen LogP) is 0.539. The molecule has 0 spiro atoms. The highest BCUT2D eigenvalue weighted by Gasteiger charge is 1.96. The lowest BCUT2D eigenvalue weighted by atomic mass is 10.4. The van der Waals surface area contributed by atoms with Crippen LogP contribution in [0.3, 0.4) is 0 Å². The lowest BCUT2D eigenvalue weighted by molar-refractivity contribution is 0.536. The van der Waals surface area contributed by atoms with Crippen LogP contribution in [0.5, 0.6) is 0 Å². The Kier molecular flexibility index (Phi) is 2.06. The smallest absolute Gasteiger partial charge is 0.0593 e. The number of rotatable bonds is 2. The Hall–Kier alpha value is -0.830. The summed E-state index contributed by atoms with van der Waals surface area (Å²) in [4.78, 5) is 0. The third-order valence-electron chi connectivity index (χ3n) is 1.25. The fraction of sp³-hybridized carbons (Fsp3) is 0.571. The lowest BCUT2D eigenvalue weighted by Gasteiger charge is -2.03. The van der Waals surface area contributed by atoms with E-state index in [9.17, 15) is 0 Å². The third-order valence-corrected chi connectivity index (χ3v) is 1.25. The SMILES string of the molecule is Cc1ccn(CC(C)N)n1. The standard InChI is InChI=1S/C7H13N3/c1-6(8)5-10-4-3-7(2)9-10/h3-4,6H,5,8H2,1-2H3. The Labute approximate surface area is 60.8 Å². The number of hydrogen-bond acceptors (Lipinski definition) is 2. The summed E-state index contributed by atoms with van der Waals surface area (Å²) in [5.41, 5.74) is 6.62. The minimum Gasteiger partial charge on any atom is -0.326 e. The molecule has 1 atom stereocenters. The van der Waals surface area contributed by atoms with Gasteiger partial charge in [-0.2, -0.15) is 5.10 Å². The maximum absolute atomic E-state index is 5.57. The molecule has 1 aromatic rings. The third kappa shape index (κ3) is 1.84. The van der Waals surface area contributed by atoms with Crippen LogP contribution in [-0.2, 0) is 6.54 Å². The average Bonchev–Trinajstić information content (AvgIpc) is 2.13. The van der Waals surface area contributed by atoms with Crippen LogP contribution < -0.4 is 5.73 Å². The van der Waals surface area contributed by atoms with Crippen molar-refractivity contribution < 1.29 is 0 Å². The molecule has 1 aromatic heterocycles. The molecule has 0 fully saturated rings. The molecule has 0 saturated heterocycles. The molecule has 0 amide bonds. The zero-order valence-electron chi connectivity index (χ0n) is 6.41. The van der Waals surface area contributed by atoms with E-state index < -0.39 is 0 Å². The van der Waals surface area contributed by atoms with E-state index in [-0.39, 0.29) is 6.04 Å². The monoisotopic (exact) mass is 139 g/mol. The van der Waals surface area contributed by atoms with Crippen molar-refractivity contribution >= 4 is 0 Å². The highest BCUT2D eigenvalue weighted by Crippen LogP contribution is 1.92. The van der Waals surface area contributed by atoms with Gasteiger partial charge in [0.2, 0.25) is 0 Å². The van der Waals surface area contributed by atoms with E-state index >= 15 is 0 Å². The van der Waals surface area contributed by atoms with E-state index in [1.165, 1.54) is 0 Å². The number of nitrogens with zero attached hydrogens (tertiary/aromatic N) is 2. The molecule has 56 valence electrons. The van der Waals surface area contributed by atoms with Crippen molar-refractivity contribution in [1.29, 1.82) is 0 Å². The van der Waals surface area contributed by atoms with Gasteiger partial charge in [0, 0.05) is 12.2 Å². The zero-order valence-corrected chi connectivity index (χ0v) is 6.41. The molecule has 0 radical (unpaired) electrons. The maximum atomic E-state index is 5.57. The predicted molar refractivity (Wildman–Crippen MR) is 40.6 cm³/mol. The quantitative estimate of drug-likeness (QED) is 0.649. The summed E-state index contributed by atoms with van der Waals surface area (Å²) in [6, 6.07) is 2.15. The second-order valence-corrected chi connectivity index (χ2v) is 2.66. The zero-order chi connectivity index (χ0) is 7.56. The van der Waals surface area contributed by atoms with Gasteiger partial charge in [0.25, 0.3) is 0 Å². The Balaban J connectivity index is 2.58. The molecular formula is C7H13N3. The number of nitrogens with two attached hydrogens (primary N) is 1. The molecule has 0 aliphatic heterocycles. The minimum absolute atomic E-state index is 0.180. The molecule has 0 aliphatic rings. The molecule has 10 heavy (non-hydrogen) atoms. The van der Waals surface area contributed by atoms with Crippen LogP contribution in [0.4, 0.5) is 0 Å². The molecule has 0 saturated carbocycles. The first-order chi connectivity index (χ1) is 4.68. The average molecular weight is 139 g/mol. The molecule has 0 bridgehead atoms. The fourth-order valence-corrected chi connectivity index (χ4v) is 0.860. The fourth-order valence-electron chi connectivity index (χ4n) is 0.860. The second-order valence-electron chi connectivity index (χ2n) is 2.66. The second kappa shape index (κ2) is 2.84. The topological polar surface area (TPSA) is 43.8 Å². The van der Waals surface area contributed by atoms with Crippen molar-refractivity contribution in [2.45, 2.75) is 26.4 Å². The van der Waals surface area contributed by atoms with E-state index in [0.29, 0.717) is 0 Å². The van der Waals surface area contributed by atoms with Gasteiger partial charge in [-0.15, -0.1) is 0 Å². The molecule has 2 N–H and O–H groups in total. The summed E-state index contributed by atoms with van der Waals surface area (Å²) >= 11 is 0. The molecule has 0 aromatic carbocycles. The highest BCUT2D eigenvalue weighted by atomic mass is 15.3. The number of hydrogen-bond donors (Lipinski definition) is 1. The summed E-state index contributed by atoms with van der Waals surface area (Å²) in [5.74, 6) is 0. The molecular weight excluding hydrogens is 126 g/mol. The van der Waals surface area contributed by atoms with E-state index in [4.69, 9.17) is 5.73 Å². The maximum Gasteiger partial charge on any atom is 0.0593 e. The summed E-state index contributed by atoms with van der Waals surface area (Å²) in [7, 11) is 0. The largest absolute Gasteiger partial charge is 0.326 e. The number of aromatic nitrogens is 2. The van der Waals surface area contributed by atoms with Crippen molar-refractivity contribution in [3.8, 4) is 0 Å². The first-order valence-corrected chi connectivity index (χ1v) is 3.44. The van der Waals surface area contributed by atoms with Crippen LogP contribution in [0, 0.1) is 6.92 Å². The van der Waals surface area contributed by atoms with Gasteiger partial charge in [-0.3, -0.25) is 4.68 Å². The Morgan fingerprint density at radius 3 is 2.90 bits per heavy atom. The van der Waals surface area contributed by atoms with Crippen molar-refractivity contribution in [2.75, 3.05) is 0 Å². The highest BCUT2D eigenvalue weighted by molar-refractivity contribution is 4.94. The van der Waals surface area contributed by atoms with Crippen LogP contribution in [0.25, 0.3) is 0 Å². The molecule has 1 rings (SSSR count). The van der Waals surface area contributed by atoms with Gasteiger partial charge in [0.05, 0.1) is 12.2 Å². The van der Waals surface area contributed by atoms with Crippen LogP contribution in [0.15, 0.2) is 12.3 Å². The summed E-state index contributed by atoms with van der Waals surface area (Å²) < 4.78 is 1.86. The van der Waals surface area contributed by atoms with E-state index in [0.717, 1.165) is 12.2 Å². The minimum atomic E-state index is 0.180. The van der Waals surface area contributed by atoms with Crippen molar-refractivity contribution in [2.24, 2.45) is 5.73 Å². The molecule has 3 heteroatoms. The van der Waals surface area contributed by atoms with Crippen LogP contribution in [-0.4, -0.2) is 15.8 Å². The van der Waals surface area contributed by atoms with Crippen molar-refractivity contribution in [3.05, 3.63) is 18.0 Å². The first-order valence-electron chi connectivity index (χ1n) is 3.44.